The highest BCUT2D eigenvalue weighted by Crippen LogP contribution is 2.29. The van der Waals surface area contributed by atoms with E-state index in [9.17, 15) is 0 Å². The summed E-state index contributed by atoms with van der Waals surface area (Å²) in [6.45, 7) is 0.894. The maximum atomic E-state index is 5.96. The highest BCUT2D eigenvalue weighted by molar-refractivity contribution is 6.32. The van der Waals surface area contributed by atoms with Crippen molar-refractivity contribution < 1.29 is 0 Å². The van der Waals surface area contributed by atoms with Gasteiger partial charge in [-0.3, -0.25) is 5.43 Å². The van der Waals surface area contributed by atoms with Gasteiger partial charge in [0.25, 0.3) is 0 Å². The Balaban J connectivity index is 1.86. The van der Waals surface area contributed by atoms with Gasteiger partial charge < -0.3 is 5.32 Å². The second-order valence-electron chi connectivity index (χ2n) is 4.05. The molecule has 88 valence electrons. The van der Waals surface area contributed by atoms with Gasteiger partial charge in [0, 0.05) is 6.54 Å². The number of halogens is 1. The van der Waals surface area contributed by atoms with E-state index in [1.54, 1.807) is 0 Å². The van der Waals surface area contributed by atoms with Gasteiger partial charge in [0.15, 0.2) is 5.82 Å². The van der Waals surface area contributed by atoms with Crippen molar-refractivity contribution in [3.63, 3.8) is 0 Å². The molecule has 0 aromatic carbocycles. The molecule has 6 heteroatoms. The number of nitrogens with one attached hydrogen (secondary N) is 2. The molecule has 0 bridgehead atoms. The minimum atomic E-state index is 0.371. The Labute approximate surface area is 99.8 Å². The Morgan fingerprint density at radius 2 is 2.31 bits per heavy atom. The van der Waals surface area contributed by atoms with E-state index < -0.39 is 0 Å². The fraction of sp³-hybridized carbons (Fsp3) is 0.600. The topological polar surface area (TPSA) is 75.9 Å². The van der Waals surface area contributed by atoms with Crippen molar-refractivity contribution in [3.05, 3.63) is 11.2 Å². The molecule has 16 heavy (non-hydrogen) atoms. The Hall–Kier alpha value is -1.07. The third-order valence-electron chi connectivity index (χ3n) is 2.94. The van der Waals surface area contributed by atoms with Crippen LogP contribution in [0.15, 0.2) is 6.20 Å². The molecule has 0 radical (unpaired) electrons. The van der Waals surface area contributed by atoms with Crippen molar-refractivity contribution in [2.45, 2.75) is 25.7 Å². The number of nitrogens with two attached hydrogens (primary N) is 1. The maximum absolute atomic E-state index is 5.96. The zero-order valence-electron chi connectivity index (χ0n) is 9.04. The van der Waals surface area contributed by atoms with E-state index in [1.807, 2.05) is 0 Å². The number of nitrogens with zero attached hydrogens (tertiary/aromatic N) is 2. The summed E-state index contributed by atoms with van der Waals surface area (Å²) in [4.78, 5) is 8.05. The first-order valence-corrected chi connectivity index (χ1v) is 5.90. The van der Waals surface area contributed by atoms with Crippen molar-refractivity contribution in [3.8, 4) is 0 Å². The Kier molecular flexibility index (Phi) is 3.79. The van der Waals surface area contributed by atoms with Gasteiger partial charge in [-0.15, -0.1) is 0 Å². The monoisotopic (exact) mass is 241 g/mol. The molecule has 2 rings (SSSR count). The second kappa shape index (κ2) is 5.32. The summed E-state index contributed by atoms with van der Waals surface area (Å²) >= 11 is 5.96. The fourth-order valence-corrected chi connectivity index (χ4v) is 1.89. The third kappa shape index (κ3) is 2.74. The minimum absolute atomic E-state index is 0.371. The summed E-state index contributed by atoms with van der Waals surface area (Å²) in [5.41, 5.74) is 2.40. The van der Waals surface area contributed by atoms with E-state index in [2.05, 4.69) is 20.7 Å². The van der Waals surface area contributed by atoms with Crippen molar-refractivity contribution in [1.82, 2.24) is 9.97 Å². The Bertz CT molecular complexity index is 353. The molecule has 0 atom stereocenters. The smallest absolute Gasteiger partial charge is 0.239 e. The van der Waals surface area contributed by atoms with Crippen LogP contribution in [-0.4, -0.2) is 16.5 Å². The molecular weight excluding hydrogens is 226 g/mol. The van der Waals surface area contributed by atoms with E-state index >= 15 is 0 Å². The molecule has 1 heterocycles. The van der Waals surface area contributed by atoms with Gasteiger partial charge in [0.2, 0.25) is 5.95 Å². The van der Waals surface area contributed by atoms with E-state index in [0.717, 1.165) is 12.5 Å². The zero-order valence-corrected chi connectivity index (χ0v) is 9.80. The first kappa shape index (κ1) is 11.4. The van der Waals surface area contributed by atoms with Gasteiger partial charge in [-0.25, -0.2) is 10.8 Å². The van der Waals surface area contributed by atoms with Gasteiger partial charge in [-0.05, 0) is 12.3 Å². The molecule has 1 aliphatic carbocycles. The average Bonchev–Trinajstić information content (AvgIpc) is 2.24. The summed E-state index contributed by atoms with van der Waals surface area (Å²) in [7, 11) is 0. The molecule has 1 saturated carbocycles. The molecule has 5 nitrogen and oxygen atoms in total. The molecule has 0 spiro atoms. The lowest BCUT2D eigenvalue weighted by molar-refractivity contribution is 0.303. The lowest BCUT2D eigenvalue weighted by Gasteiger charge is -2.25. The Morgan fingerprint density at radius 3 is 2.94 bits per heavy atom. The zero-order chi connectivity index (χ0) is 11.4. The summed E-state index contributed by atoms with van der Waals surface area (Å²) in [6.07, 6.45) is 6.80. The molecule has 0 aliphatic heterocycles. The number of hydrazine groups is 1. The van der Waals surface area contributed by atoms with Crippen LogP contribution in [0.25, 0.3) is 0 Å². The second-order valence-corrected chi connectivity index (χ2v) is 4.45. The van der Waals surface area contributed by atoms with Crippen LogP contribution in [0.4, 0.5) is 11.8 Å². The number of nitrogen functional groups attached to an aromatic ring is 1. The highest BCUT2D eigenvalue weighted by Gasteiger charge is 2.16. The van der Waals surface area contributed by atoms with Crippen LogP contribution in [0.3, 0.4) is 0 Å². The summed E-state index contributed by atoms with van der Waals surface area (Å²) in [5, 5.41) is 3.73. The van der Waals surface area contributed by atoms with Crippen LogP contribution in [0.2, 0.25) is 5.02 Å². The van der Waals surface area contributed by atoms with Crippen molar-refractivity contribution >= 4 is 23.4 Å². The first-order chi connectivity index (χ1) is 7.79. The molecular formula is C10H16ClN5. The quantitative estimate of drug-likeness (QED) is 0.543. The average molecular weight is 242 g/mol. The Morgan fingerprint density at radius 1 is 1.50 bits per heavy atom. The van der Waals surface area contributed by atoms with Crippen LogP contribution >= 0.6 is 11.6 Å². The molecule has 0 unspecified atom stereocenters. The first-order valence-electron chi connectivity index (χ1n) is 5.52. The van der Waals surface area contributed by atoms with Gasteiger partial charge in [-0.1, -0.05) is 30.9 Å². The highest BCUT2D eigenvalue weighted by atomic mass is 35.5. The van der Waals surface area contributed by atoms with Crippen LogP contribution in [0.1, 0.15) is 25.7 Å². The van der Waals surface area contributed by atoms with E-state index in [-0.39, 0.29) is 0 Å². The van der Waals surface area contributed by atoms with Crippen molar-refractivity contribution in [2.75, 3.05) is 17.3 Å². The minimum Gasteiger partial charge on any atom is -0.369 e. The number of rotatable bonds is 5. The lowest BCUT2D eigenvalue weighted by Crippen LogP contribution is -2.17. The third-order valence-corrected chi connectivity index (χ3v) is 3.22. The number of anilines is 2. The molecule has 0 amide bonds. The largest absolute Gasteiger partial charge is 0.369 e. The van der Waals surface area contributed by atoms with Gasteiger partial charge >= 0.3 is 0 Å². The van der Waals surface area contributed by atoms with Gasteiger partial charge in [0.1, 0.15) is 5.02 Å². The number of aromatic nitrogens is 2. The summed E-state index contributed by atoms with van der Waals surface area (Å²) in [5.74, 6) is 7.12. The van der Waals surface area contributed by atoms with Crippen molar-refractivity contribution in [1.29, 1.82) is 0 Å². The standard InChI is InChI=1S/C10H16ClN5/c11-8-6-14-10(16-12)15-9(8)13-5-4-7-2-1-3-7/h6-7H,1-5,12H2,(H2,13,14,15,16). The molecule has 1 aliphatic rings. The normalized spacial score (nSPS) is 15.6. The molecule has 4 N–H and O–H groups in total. The van der Waals surface area contributed by atoms with Crippen LogP contribution in [0, 0.1) is 5.92 Å². The molecule has 1 aromatic heterocycles. The molecule has 1 aromatic rings. The summed E-state index contributed by atoms with van der Waals surface area (Å²) < 4.78 is 0. The van der Waals surface area contributed by atoms with Crippen LogP contribution < -0.4 is 16.6 Å². The van der Waals surface area contributed by atoms with Crippen LogP contribution in [0.5, 0.6) is 0 Å². The number of hydrogen-bond donors (Lipinski definition) is 3. The van der Waals surface area contributed by atoms with E-state index in [0.29, 0.717) is 16.8 Å². The molecule has 1 fully saturated rings. The lowest BCUT2D eigenvalue weighted by atomic mass is 9.83. The molecule has 0 saturated heterocycles. The SMILES string of the molecule is NNc1ncc(Cl)c(NCCC2CCC2)n1. The van der Waals surface area contributed by atoms with Crippen molar-refractivity contribution in [2.24, 2.45) is 11.8 Å². The van der Waals surface area contributed by atoms with E-state index in [4.69, 9.17) is 17.4 Å². The van der Waals surface area contributed by atoms with Gasteiger partial charge in [-0.2, -0.15) is 4.98 Å². The summed E-state index contributed by atoms with van der Waals surface area (Å²) in [6, 6.07) is 0. The predicted octanol–water partition coefficient (Wildman–Crippen LogP) is 2.02. The van der Waals surface area contributed by atoms with Gasteiger partial charge in [0.05, 0.1) is 6.20 Å². The van der Waals surface area contributed by atoms with E-state index in [1.165, 1.54) is 31.9 Å². The number of hydrogen-bond acceptors (Lipinski definition) is 5. The van der Waals surface area contributed by atoms with Crippen LogP contribution in [-0.2, 0) is 0 Å². The predicted molar refractivity (Wildman–Crippen MR) is 65.3 cm³/mol. The fourth-order valence-electron chi connectivity index (χ4n) is 1.74. The maximum Gasteiger partial charge on any atom is 0.239 e.